The van der Waals surface area contributed by atoms with E-state index in [0.717, 1.165) is 10.0 Å². The van der Waals surface area contributed by atoms with Crippen molar-refractivity contribution < 1.29 is 0 Å². The van der Waals surface area contributed by atoms with Gasteiger partial charge < -0.3 is 10.6 Å². The highest BCUT2D eigenvalue weighted by atomic mass is 32.1. The largest absolute Gasteiger partial charge is 0.370 e. The Balaban J connectivity index is 2.62. The Bertz CT molecular complexity index is 342. The summed E-state index contributed by atoms with van der Waals surface area (Å²) in [7, 11) is 3.72. The van der Waals surface area contributed by atoms with E-state index in [1.165, 1.54) is 0 Å². The van der Waals surface area contributed by atoms with E-state index in [9.17, 15) is 0 Å². The van der Waals surface area contributed by atoms with Gasteiger partial charge in [0.2, 0.25) is 0 Å². The van der Waals surface area contributed by atoms with Gasteiger partial charge in [0.25, 0.3) is 0 Å². The molecule has 1 rings (SSSR count). The first-order chi connectivity index (χ1) is 7.00. The summed E-state index contributed by atoms with van der Waals surface area (Å²) in [6.07, 6.45) is 0. The molecule has 84 valence electrons. The molecule has 1 aromatic rings. The minimum Gasteiger partial charge on any atom is -0.370 e. The maximum absolute atomic E-state index is 5.66. The van der Waals surface area contributed by atoms with Gasteiger partial charge in [0.1, 0.15) is 10.0 Å². The molecule has 6 heteroatoms. The van der Waals surface area contributed by atoms with Crippen molar-refractivity contribution >= 4 is 17.3 Å². The van der Waals surface area contributed by atoms with Crippen LogP contribution in [0.3, 0.4) is 0 Å². The van der Waals surface area contributed by atoms with Crippen LogP contribution < -0.4 is 5.73 Å². The Morgan fingerprint density at radius 3 is 2.60 bits per heavy atom. The molecule has 0 aliphatic heterocycles. The van der Waals surface area contributed by atoms with Crippen LogP contribution in [0.2, 0.25) is 0 Å². The molecule has 0 aromatic carbocycles. The first-order valence-electron chi connectivity index (χ1n) is 4.80. The number of guanidine groups is 1. The molecule has 0 spiro atoms. The van der Waals surface area contributed by atoms with Crippen LogP contribution in [0.1, 0.15) is 29.8 Å². The van der Waals surface area contributed by atoms with Gasteiger partial charge in [-0.2, -0.15) is 0 Å². The molecule has 0 aliphatic carbocycles. The van der Waals surface area contributed by atoms with Gasteiger partial charge in [0.15, 0.2) is 5.96 Å². The summed E-state index contributed by atoms with van der Waals surface area (Å²) in [6.45, 7) is 4.71. The highest BCUT2D eigenvalue weighted by molar-refractivity contribution is 7.11. The van der Waals surface area contributed by atoms with E-state index in [1.54, 1.807) is 16.2 Å². The zero-order valence-corrected chi connectivity index (χ0v) is 10.4. The van der Waals surface area contributed by atoms with Crippen molar-refractivity contribution in [1.82, 2.24) is 15.1 Å². The highest BCUT2D eigenvalue weighted by Gasteiger charge is 2.07. The lowest BCUT2D eigenvalue weighted by atomic mass is 10.2. The molecule has 0 unspecified atom stereocenters. The number of hydrogen-bond donors (Lipinski definition) is 1. The Morgan fingerprint density at radius 1 is 1.47 bits per heavy atom. The van der Waals surface area contributed by atoms with Crippen molar-refractivity contribution in [3.05, 3.63) is 10.0 Å². The van der Waals surface area contributed by atoms with Crippen LogP contribution in [0.25, 0.3) is 0 Å². The van der Waals surface area contributed by atoms with Crippen LogP contribution in [0.5, 0.6) is 0 Å². The van der Waals surface area contributed by atoms with Crippen LogP contribution in [0, 0.1) is 0 Å². The number of hydrogen-bond acceptors (Lipinski definition) is 4. The molecule has 0 amide bonds. The molecule has 0 saturated heterocycles. The Hall–Kier alpha value is -1.17. The van der Waals surface area contributed by atoms with E-state index < -0.39 is 0 Å². The highest BCUT2D eigenvalue weighted by Crippen LogP contribution is 2.19. The van der Waals surface area contributed by atoms with Gasteiger partial charge in [-0.1, -0.05) is 25.2 Å². The molecule has 15 heavy (non-hydrogen) atoms. The second kappa shape index (κ2) is 5.06. The summed E-state index contributed by atoms with van der Waals surface area (Å²) in [5.74, 6) is 0.933. The zero-order valence-electron chi connectivity index (χ0n) is 9.56. The molecule has 0 bridgehead atoms. The fourth-order valence-corrected chi connectivity index (χ4v) is 1.62. The fourth-order valence-electron chi connectivity index (χ4n) is 0.854. The second-order valence-corrected chi connectivity index (χ2v) is 4.85. The molecular formula is C9H17N5S. The summed E-state index contributed by atoms with van der Waals surface area (Å²) in [5.41, 5.74) is 5.66. The van der Waals surface area contributed by atoms with Crippen molar-refractivity contribution in [2.24, 2.45) is 10.7 Å². The molecule has 0 radical (unpaired) electrons. The average Bonchev–Trinajstić information content (AvgIpc) is 2.62. The van der Waals surface area contributed by atoms with Gasteiger partial charge in [-0.25, -0.2) is 4.99 Å². The monoisotopic (exact) mass is 227 g/mol. The third-order valence-electron chi connectivity index (χ3n) is 1.81. The molecule has 0 fully saturated rings. The topological polar surface area (TPSA) is 67.4 Å². The van der Waals surface area contributed by atoms with E-state index >= 15 is 0 Å². The lowest BCUT2D eigenvalue weighted by Crippen LogP contribution is -2.30. The van der Waals surface area contributed by atoms with Gasteiger partial charge in [-0.3, -0.25) is 0 Å². The summed E-state index contributed by atoms with van der Waals surface area (Å²) in [5, 5.41) is 10.1. The third-order valence-corrected chi connectivity index (χ3v) is 3.02. The Kier molecular flexibility index (Phi) is 4.02. The van der Waals surface area contributed by atoms with Gasteiger partial charge in [0.05, 0.1) is 6.54 Å². The van der Waals surface area contributed by atoms with Crippen molar-refractivity contribution in [2.45, 2.75) is 26.3 Å². The fraction of sp³-hybridized carbons (Fsp3) is 0.667. The van der Waals surface area contributed by atoms with Crippen LogP contribution >= 0.6 is 11.3 Å². The molecule has 5 nitrogen and oxygen atoms in total. The number of aliphatic imine (C=N–C) groups is 1. The van der Waals surface area contributed by atoms with E-state index in [1.807, 2.05) is 14.1 Å². The van der Waals surface area contributed by atoms with Crippen LogP contribution in [-0.4, -0.2) is 35.2 Å². The van der Waals surface area contributed by atoms with E-state index in [0.29, 0.717) is 18.4 Å². The molecule has 0 atom stereocenters. The van der Waals surface area contributed by atoms with Crippen molar-refractivity contribution in [3.63, 3.8) is 0 Å². The summed E-state index contributed by atoms with van der Waals surface area (Å²) < 4.78 is 0. The lowest BCUT2D eigenvalue weighted by molar-refractivity contribution is 0.609. The molecular weight excluding hydrogens is 210 g/mol. The van der Waals surface area contributed by atoms with Crippen molar-refractivity contribution in [2.75, 3.05) is 14.1 Å². The zero-order chi connectivity index (χ0) is 11.4. The summed E-state index contributed by atoms with van der Waals surface area (Å²) in [4.78, 5) is 5.96. The van der Waals surface area contributed by atoms with Gasteiger partial charge in [-0.05, 0) is 0 Å². The van der Waals surface area contributed by atoms with E-state index in [2.05, 4.69) is 29.0 Å². The first kappa shape index (κ1) is 11.9. The number of aromatic nitrogens is 2. The van der Waals surface area contributed by atoms with Crippen molar-refractivity contribution in [3.8, 4) is 0 Å². The van der Waals surface area contributed by atoms with Gasteiger partial charge in [0, 0.05) is 20.0 Å². The maximum atomic E-state index is 5.66. The third kappa shape index (κ3) is 3.47. The van der Waals surface area contributed by atoms with Gasteiger partial charge >= 0.3 is 0 Å². The average molecular weight is 227 g/mol. The molecule has 0 saturated carbocycles. The number of nitrogens with zero attached hydrogens (tertiary/aromatic N) is 4. The smallest absolute Gasteiger partial charge is 0.191 e. The summed E-state index contributed by atoms with van der Waals surface area (Å²) in [6, 6.07) is 0. The van der Waals surface area contributed by atoms with Crippen LogP contribution in [0.4, 0.5) is 0 Å². The van der Waals surface area contributed by atoms with Gasteiger partial charge in [-0.15, -0.1) is 10.2 Å². The van der Waals surface area contributed by atoms with Crippen molar-refractivity contribution in [1.29, 1.82) is 0 Å². The normalized spacial score (nSPS) is 12.2. The second-order valence-electron chi connectivity index (χ2n) is 3.76. The summed E-state index contributed by atoms with van der Waals surface area (Å²) >= 11 is 1.59. The van der Waals surface area contributed by atoms with Crippen LogP contribution in [-0.2, 0) is 6.54 Å². The van der Waals surface area contributed by atoms with Crippen LogP contribution in [0.15, 0.2) is 4.99 Å². The number of nitrogens with two attached hydrogens (primary N) is 1. The number of rotatable bonds is 3. The maximum Gasteiger partial charge on any atom is 0.191 e. The van der Waals surface area contributed by atoms with E-state index in [-0.39, 0.29) is 0 Å². The standard InChI is InChI=1S/C9H17N5S/c1-6(2)8-13-12-7(15-8)5-11-9(10)14(3)4/h6H,5H2,1-4H3,(H2,10,11). The molecule has 2 N–H and O–H groups in total. The predicted molar refractivity (Wildman–Crippen MR) is 63.0 cm³/mol. The Labute approximate surface area is 94.0 Å². The molecule has 0 aliphatic rings. The molecule has 1 aromatic heterocycles. The Morgan fingerprint density at radius 2 is 2.13 bits per heavy atom. The minimum atomic E-state index is 0.423. The quantitative estimate of drug-likeness (QED) is 0.619. The van der Waals surface area contributed by atoms with E-state index in [4.69, 9.17) is 5.73 Å². The SMILES string of the molecule is CC(C)c1nnc(CN=C(N)N(C)C)s1. The lowest BCUT2D eigenvalue weighted by Gasteiger charge is -2.09. The minimum absolute atomic E-state index is 0.423. The first-order valence-corrected chi connectivity index (χ1v) is 5.62. The molecule has 1 heterocycles. The predicted octanol–water partition coefficient (Wildman–Crippen LogP) is 1.04.